The first-order valence-corrected chi connectivity index (χ1v) is 7.61. The van der Waals surface area contributed by atoms with Gasteiger partial charge in [0, 0.05) is 5.56 Å². The van der Waals surface area contributed by atoms with Crippen molar-refractivity contribution in [1.29, 1.82) is 5.26 Å². The number of carbonyl (C=O) groups is 3. The zero-order valence-corrected chi connectivity index (χ0v) is 13.9. The second-order valence-corrected chi connectivity index (χ2v) is 5.19. The number of aromatic carboxylic acids is 1. The Labute approximate surface area is 153 Å². The Morgan fingerprint density at radius 2 is 1.74 bits per heavy atom. The topological polar surface area (TPSA) is 137 Å². The van der Waals surface area contributed by atoms with Crippen LogP contribution in [0.1, 0.15) is 15.9 Å². The summed E-state index contributed by atoms with van der Waals surface area (Å²) >= 11 is 0. The van der Waals surface area contributed by atoms with Crippen LogP contribution in [0.2, 0.25) is 0 Å². The molecule has 0 saturated heterocycles. The third-order valence-corrected chi connectivity index (χ3v) is 3.34. The van der Waals surface area contributed by atoms with E-state index in [0.29, 0.717) is 5.56 Å². The van der Waals surface area contributed by atoms with Crippen molar-refractivity contribution in [3.05, 3.63) is 65.2 Å². The Bertz CT molecular complexity index is 959. The Balaban J connectivity index is 2.30. The van der Waals surface area contributed by atoms with Gasteiger partial charge in [-0.05, 0) is 24.3 Å². The number of benzene rings is 2. The van der Waals surface area contributed by atoms with Gasteiger partial charge < -0.3 is 20.3 Å². The summed E-state index contributed by atoms with van der Waals surface area (Å²) in [6.45, 7) is -0.578. The number of hydrogen-bond acceptors (Lipinski definition) is 5. The van der Waals surface area contributed by atoms with Crippen molar-refractivity contribution >= 4 is 29.6 Å². The molecule has 0 saturated carbocycles. The zero-order chi connectivity index (χ0) is 19.8. The van der Waals surface area contributed by atoms with Crippen molar-refractivity contribution in [3.63, 3.8) is 0 Å². The van der Waals surface area contributed by atoms with Crippen LogP contribution >= 0.6 is 0 Å². The van der Waals surface area contributed by atoms with Crippen LogP contribution in [0.15, 0.2) is 54.1 Å². The molecule has 1 amide bonds. The van der Waals surface area contributed by atoms with Gasteiger partial charge in [0.2, 0.25) is 0 Å². The van der Waals surface area contributed by atoms with Crippen LogP contribution in [0, 0.1) is 11.3 Å². The maximum absolute atomic E-state index is 12.4. The highest BCUT2D eigenvalue weighted by Gasteiger charge is 2.15. The quantitative estimate of drug-likeness (QED) is 0.505. The lowest BCUT2D eigenvalue weighted by Gasteiger charge is -2.09. The molecule has 0 fully saturated rings. The number of carboxylic acid groups (broad SMARTS) is 2. The minimum absolute atomic E-state index is 0.0477. The number of anilines is 1. The van der Waals surface area contributed by atoms with Crippen LogP contribution < -0.4 is 10.1 Å². The minimum atomic E-state index is -1.22. The van der Waals surface area contributed by atoms with Gasteiger partial charge >= 0.3 is 11.9 Å². The third kappa shape index (κ3) is 5.17. The molecule has 2 aromatic rings. The van der Waals surface area contributed by atoms with E-state index in [9.17, 15) is 19.6 Å². The summed E-state index contributed by atoms with van der Waals surface area (Å²) < 4.78 is 5.13. The smallest absolute Gasteiger partial charge is 0.341 e. The highest BCUT2D eigenvalue weighted by molar-refractivity contribution is 6.11. The van der Waals surface area contributed by atoms with Gasteiger partial charge in [0.25, 0.3) is 5.91 Å². The summed E-state index contributed by atoms with van der Waals surface area (Å²) in [6, 6.07) is 13.8. The monoisotopic (exact) mass is 366 g/mol. The van der Waals surface area contributed by atoms with E-state index in [1.165, 1.54) is 30.3 Å². The van der Waals surface area contributed by atoms with Crippen LogP contribution in [-0.2, 0) is 9.59 Å². The van der Waals surface area contributed by atoms with E-state index in [1.807, 2.05) is 0 Å². The average Bonchev–Trinajstić information content (AvgIpc) is 2.65. The number of carboxylic acids is 2. The van der Waals surface area contributed by atoms with E-state index >= 15 is 0 Å². The molecule has 0 aliphatic rings. The van der Waals surface area contributed by atoms with Crippen molar-refractivity contribution in [2.45, 2.75) is 0 Å². The number of ether oxygens (including phenoxy) is 1. The molecule has 0 unspecified atom stereocenters. The van der Waals surface area contributed by atoms with Gasteiger partial charge in [-0.15, -0.1) is 0 Å². The Kier molecular flexibility index (Phi) is 6.28. The number of nitrogens with zero attached hydrogens (tertiary/aromatic N) is 1. The van der Waals surface area contributed by atoms with E-state index in [0.717, 1.165) is 0 Å². The molecule has 8 nitrogen and oxygen atoms in total. The lowest BCUT2D eigenvalue weighted by atomic mass is 10.1. The maximum atomic E-state index is 12.4. The normalized spacial score (nSPS) is 10.6. The van der Waals surface area contributed by atoms with Gasteiger partial charge in [-0.3, -0.25) is 4.79 Å². The van der Waals surface area contributed by atoms with Gasteiger partial charge in [0.05, 0.1) is 11.3 Å². The van der Waals surface area contributed by atoms with Crippen molar-refractivity contribution in [2.75, 3.05) is 11.9 Å². The molecule has 0 spiro atoms. The molecular formula is C19H14N2O6. The van der Waals surface area contributed by atoms with E-state index in [2.05, 4.69) is 5.32 Å². The molecule has 0 bridgehead atoms. The van der Waals surface area contributed by atoms with Crippen molar-refractivity contribution < 1.29 is 29.3 Å². The minimum Gasteiger partial charge on any atom is -0.481 e. The van der Waals surface area contributed by atoms with E-state index in [-0.39, 0.29) is 22.6 Å². The second kappa shape index (κ2) is 8.82. The first-order chi connectivity index (χ1) is 12.9. The number of amides is 1. The number of nitrogens with one attached hydrogen (secondary N) is 1. The van der Waals surface area contributed by atoms with Crippen molar-refractivity contribution in [1.82, 2.24) is 0 Å². The zero-order valence-electron chi connectivity index (χ0n) is 13.9. The lowest BCUT2D eigenvalue weighted by Crippen LogP contribution is -2.16. The summed E-state index contributed by atoms with van der Waals surface area (Å²) in [6.07, 6.45) is 1.23. The number of nitriles is 1. The van der Waals surface area contributed by atoms with Crippen molar-refractivity contribution in [2.24, 2.45) is 0 Å². The standard InChI is InChI=1S/C19H14N2O6/c20-10-13(9-12-5-1-4-8-16(12)27-11-17(22)23)18(24)21-15-7-3-2-6-14(15)19(25)26/h1-9H,11H2,(H,21,24)(H,22,23)(H,25,26)/b13-9+. The number of hydrogen-bond donors (Lipinski definition) is 3. The highest BCUT2D eigenvalue weighted by atomic mass is 16.5. The van der Waals surface area contributed by atoms with E-state index in [1.54, 1.807) is 30.3 Å². The van der Waals surface area contributed by atoms with E-state index < -0.39 is 24.5 Å². The molecule has 8 heteroatoms. The molecule has 2 rings (SSSR count). The van der Waals surface area contributed by atoms with Crippen LogP contribution in [0.5, 0.6) is 5.75 Å². The number of rotatable bonds is 7. The fraction of sp³-hybridized carbons (Fsp3) is 0.0526. The SMILES string of the molecule is N#C/C(=C\c1ccccc1OCC(=O)O)C(=O)Nc1ccccc1C(=O)O. The molecule has 0 atom stereocenters. The summed E-state index contributed by atoms with van der Waals surface area (Å²) in [5.41, 5.74) is -0.0431. The Hall–Kier alpha value is -4.12. The van der Waals surface area contributed by atoms with Gasteiger partial charge in [-0.2, -0.15) is 5.26 Å². The van der Waals surface area contributed by atoms with Gasteiger partial charge in [0.15, 0.2) is 6.61 Å². The van der Waals surface area contributed by atoms with Crippen molar-refractivity contribution in [3.8, 4) is 11.8 Å². The fourth-order valence-corrected chi connectivity index (χ4v) is 2.14. The van der Waals surface area contributed by atoms with Gasteiger partial charge in [0.1, 0.15) is 17.4 Å². The van der Waals surface area contributed by atoms with Gasteiger partial charge in [-0.1, -0.05) is 30.3 Å². The summed E-state index contributed by atoms with van der Waals surface area (Å²) in [4.78, 5) is 34.2. The maximum Gasteiger partial charge on any atom is 0.341 e. The van der Waals surface area contributed by atoms with Crippen LogP contribution in [0.4, 0.5) is 5.69 Å². The largest absolute Gasteiger partial charge is 0.481 e. The molecule has 3 N–H and O–H groups in total. The lowest BCUT2D eigenvalue weighted by molar-refractivity contribution is -0.139. The molecule has 0 aliphatic heterocycles. The predicted octanol–water partition coefficient (Wildman–Crippen LogP) is 2.39. The summed E-state index contributed by atoms with van der Waals surface area (Å²) in [5.74, 6) is -3.01. The van der Waals surface area contributed by atoms with Crippen LogP contribution in [0.25, 0.3) is 6.08 Å². The molecular weight excluding hydrogens is 352 g/mol. The first-order valence-electron chi connectivity index (χ1n) is 7.61. The molecule has 0 aliphatic carbocycles. The fourth-order valence-electron chi connectivity index (χ4n) is 2.14. The molecule has 136 valence electrons. The molecule has 0 heterocycles. The second-order valence-electron chi connectivity index (χ2n) is 5.19. The first kappa shape index (κ1) is 19.2. The third-order valence-electron chi connectivity index (χ3n) is 3.34. The Morgan fingerprint density at radius 1 is 1.07 bits per heavy atom. The van der Waals surface area contributed by atoms with Gasteiger partial charge in [-0.25, -0.2) is 9.59 Å². The van der Waals surface area contributed by atoms with Crippen LogP contribution in [0.3, 0.4) is 0 Å². The predicted molar refractivity (Wildman–Crippen MR) is 95.2 cm³/mol. The molecule has 0 radical (unpaired) electrons. The highest BCUT2D eigenvalue weighted by Crippen LogP contribution is 2.22. The number of carbonyl (C=O) groups excluding carboxylic acids is 1. The van der Waals surface area contributed by atoms with Crippen LogP contribution in [-0.4, -0.2) is 34.7 Å². The average molecular weight is 366 g/mol. The summed E-state index contributed by atoms with van der Waals surface area (Å²) in [7, 11) is 0. The van der Waals surface area contributed by atoms with E-state index in [4.69, 9.17) is 14.9 Å². The molecule has 27 heavy (non-hydrogen) atoms. The number of para-hydroxylation sites is 2. The Morgan fingerprint density at radius 3 is 2.41 bits per heavy atom. The molecule has 2 aromatic carbocycles. The molecule has 0 aromatic heterocycles. The number of aliphatic carboxylic acids is 1. The summed E-state index contributed by atoms with van der Waals surface area (Å²) in [5, 5.41) is 29.5.